The molecule has 0 aromatic carbocycles. The zero-order valence-electron chi connectivity index (χ0n) is 19.4. The van der Waals surface area contributed by atoms with E-state index in [9.17, 15) is 4.57 Å². The fraction of sp³-hybridized carbons (Fsp3) is 0.952. The van der Waals surface area contributed by atoms with Gasteiger partial charge in [-0.1, -0.05) is 34.6 Å². The summed E-state index contributed by atoms with van der Waals surface area (Å²) in [5.74, 6) is 0.480. The minimum absolute atomic E-state index is 0.0313. The Morgan fingerprint density at radius 1 is 1.21 bits per heavy atom. The van der Waals surface area contributed by atoms with Gasteiger partial charge in [0.2, 0.25) is 0 Å². The highest BCUT2D eigenvalue weighted by Crippen LogP contribution is 2.52. The van der Waals surface area contributed by atoms with Crippen LogP contribution >= 0.6 is 7.60 Å². The van der Waals surface area contributed by atoms with Crippen molar-refractivity contribution in [3.8, 4) is 0 Å². The average Bonchev–Trinajstić information content (AvgIpc) is 3.00. The zero-order chi connectivity index (χ0) is 21.4. The van der Waals surface area contributed by atoms with Gasteiger partial charge in [-0.2, -0.15) is 5.10 Å². The molecule has 1 aliphatic heterocycles. The van der Waals surface area contributed by atoms with Crippen LogP contribution in [0.3, 0.4) is 0 Å². The van der Waals surface area contributed by atoms with E-state index in [4.69, 9.17) is 18.9 Å². The van der Waals surface area contributed by atoms with E-state index in [0.29, 0.717) is 37.9 Å². The van der Waals surface area contributed by atoms with Crippen LogP contribution < -0.4 is 0 Å². The predicted molar refractivity (Wildman–Crippen MR) is 117 cm³/mol. The lowest BCUT2D eigenvalue weighted by atomic mass is 9.78. The summed E-state index contributed by atoms with van der Waals surface area (Å²) in [6.45, 7) is 17.2. The van der Waals surface area contributed by atoms with Crippen LogP contribution in [0.4, 0.5) is 0 Å². The Balaban J connectivity index is 3.06. The number of nitrogens with zero attached hydrogens (tertiary/aromatic N) is 2. The molecule has 1 rings (SSSR count). The van der Waals surface area contributed by atoms with Crippen molar-refractivity contribution in [3.63, 3.8) is 0 Å². The summed E-state index contributed by atoms with van der Waals surface area (Å²) in [6.07, 6.45) is 3.48. The van der Waals surface area contributed by atoms with Gasteiger partial charge in [0.1, 0.15) is 0 Å². The molecule has 0 aliphatic carbocycles. The second-order valence-electron chi connectivity index (χ2n) is 9.06. The molecule has 0 radical (unpaired) electrons. The largest absolute Gasteiger partial charge is 0.382 e. The minimum Gasteiger partial charge on any atom is -0.382 e. The Hall–Kier alpha value is -0.420. The van der Waals surface area contributed by atoms with Gasteiger partial charge in [0.25, 0.3) is 0 Å². The fourth-order valence-corrected chi connectivity index (χ4v) is 5.86. The van der Waals surface area contributed by atoms with Crippen LogP contribution in [0.1, 0.15) is 67.7 Å². The van der Waals surface area contributed by atoms with E-state index in [1.165, 1.54) is 0 Å². The highest BCUT2D eigenvalue weighted by atomic mass is 31.2. The average molecular weight is 419 g/mol. The second-order valence-corrected chi connectivity index (χ2v) is 11.2. The molecule has 1 fully saturated rings. The number of methoxy groups -OCH3 is 1. The van der Waals surface area contributed by atoms with Crippen molar-refractivity contribution < 1.29 is 18.3 Å². The smallest absolute Gasteiger partial charge is 0.330 e. The monoisotopic (exact) mass is 418 g/mol. The van der Waals surface area contributed by atoms with Crippen LogP contribution in [0.15, 0.2) is 5.10 Å². The first kappa shape index (κ1) is 25.6. The lowest BCUT2D eigenvalue weighted by Gasteiger charge is -2.34. The summed E-state index contributed by atoms with van der Waals surface area (Å²) in [6, 6.07) is 0.352. The van der Waals surface area contributed by atoms with Gasteiger partial charge in [-0.15, -0.1) is 0 Å². The molecular formula is C21H43N2O4P. The maximum atomic E-state index is 13.2. The van der Waals surface area contributed by atoms with Gasteiger partial charge in [0, 0.05) is 19.4 Å². The van der Waals surface area contributed by atoms with Gasteiger partial charge >= 0.3 is 7.60 Å². The molecule has 6 nitrogen and oxygen atoms in total. The van der Waals surface area contributed by atoms with E-state index < -0.39 is 7.60 Å². The number of hydrogen-bond acceptors (Lipinski definition) is 6. The highest BCUT2D eigenvalue weighted by Gasteiger charge is 2.36. The SMILES string of the molecule is CCOP(=O)(C[C@@H](C/C(=N\N1CCC[C@H]1COC)C(C)C)C(C)(C)C)OCC. The molecular weight excluding hydrogens is 375 g/mol. The van der Waals surface area contributed by atoms with E-state index in [-0.39, 0.29) is 11.3 Å². The van der Waals surface area contributed by atoms with Crippen LogP contribution in [0.2, 0.25) is 0 Å². The molecule has 28 heavy (non-hydrogen) atoms. The summed E-state index contributed by atoms with van der Waals surface area (Å²) in [7, 11) is -1.36. The molecule has 1 aliphatic rings. The van der Waals surface area contributed by atoms with Crippen LogP contribution in [0.25, 0.3) is 0 Å². The summed E-state index contributed by atoms with van der Waals surface area (Å²) in [5.41, 5.74) is 1.12. The van der Waals surface area contributed by atoms with Gasteiger partial charge in [-0.3, -0.25) is 9.57 Å². The molecule has 0 aromatic rings. The topological polar surface area (TPSA) is 60.4 Å². The Morgan fingerprint density at radius 2 is 1.82 bits per heavy atom. The summed E-state index contributed by atoms with van der Waals surface area (Å²) in [4.78, 5) is 0. The predicted octanol–water partition coefficient (Wildman–Crippen LogP) is 5.43. The molecule has 0 spiro atoms. The highest BCUT2D eigenvalue weighted by molar-refractivity contribution is 7.53. The van der Waals surface area contributed by atoms with Crippen molar-refractivity contribution in [3.05, 3.63) is 0 Å². The molecule has 1 heterocycles. The van der Waals surface area contributed by atoms with Crippen LogP contribution in [-0.2, 0) is 18.3 Å². The standard InChI is InChI=1S/C21H43N2O4P/c1-9-26-28(24,27-10-2)16-18(21(5,6)7)14-20(17(3)4)22-23-13-11-12-19(23)15-25-8/h17-19H,9-16H2,1-8H3/b22-20+/t18-,19+/m1/s1. The molecule has 0 aromatic heterocycles. The van der Waals surface area contributed by atoms with Crippen molar-refractivity contribution in [1.29, 1.82) is 0 Å². The van der Waals surface area contributed by atoms with Gasteiger partial charge in [0.15, 0.2) is 0 Å². The lowest BCUT2D eigenvalue weighted by molar-refractivity contribution is 0.117. The van der Waals surface area contributed by atoms with Crippen LogP contribution in [-0.4, -0.2) is 56.4 Å². The van der Waals surface area contributed by atoms with Crippen molar-refractivity contribution >= 4 is 13.3 Å². The first-order chi connectivity index (χ1) is 13.1. The fourth-order valence-electron chi connectivity index (χ4n) is 3.57. The first-order valence-electron chi connectivity index (χ1n) is 10.8. The lowest BCUT2D eigenvalue weighted by Crippen LogP contribution is -2.33. The van der Waals surface area contributed by atoms with E-state index in [1.54, 1.807) is 7.11 Å². The van der Waals surface area contributed by atoms with Gasteiger partial charge in [0.05, 0.1) is 32.0 Å². The second kappa shape index (κ2) is 11.7. The molecule has 0 unspecified atom stereocenters. The Labute approximate surface area is 172 Å². The third-order valence-corrected chi connectivity index (χ3v) is 7.60. The third kappa shape index (κ3) is 8.14. The summed E-state index contributed by atoms with van der Waals surface area (Å²) < 4.78 is 29.7. The van der Waals surface area contributed by atoms with Crippen molar-refractivity contribution in [2.75, 3.05) is 39.6 Å². The van der Waals surface area contributed by atoms with E-state index in [1.807, 2.05) is 13.8 Å². The Bertz CT molecular complexity index is 521. The van der Waals surface area contributed by atoms with Gasteiger partial charge in [-0.05, 0) is 50.4 Å². The Kier molecular flexibility index (Phi) is 10.7. The summed E-state index contributed by atoms with van der Waals surface area (Å²) >= 11 is 0. The van der Waals surface area contributed by atoms with Gasteiger partial charge < -0.3 is 13.8 Å². The van der Waals surface area contributed by atoms with Crippen LogP contribution in [0, 0.1) is 17.3 Å². The molecule has 7 heteroatoms. The molecule has 0 N–H and O–H groups in total. The van der Waals surface area contributed by atoms with E-state index >= 15 is 0 Å². The zero-order valence-corrected chi connectivity index (χ0v) is 20.3. The van der Waals surface area contributed by atoms with E-state index in [2.05, 4.69) is 39.6 Å². The third-order valence-electron chi connectivity index (χ3n) is 5.40. The van der Waals surface area contributed by atoms with Crippen molar-refractivity contribution in [2.45, 2.75) is 73.8 Å². The van der Waals surface area contributed by atoms with E-state index in [0.717, 1.165) is 31.5 Å². The summed E-state index contributed by atoms with van der Waals surface area (Å²) in [5, 5.41) is 7.25. The van der Waals surface area contributed by atoms with Crippen molar-refractivity contribution in [1.82, 2.24) is 5.01 Å². The number of rotatable bonds is 12. The molecule has 166 valence electrons. The quantitative estimate of drug-likeness (QED) is 0.312. The maximum absolute atomic E-state index is 13.2. The van der Waals surface area contributed by atoms with Crippen molar-refractivity contribution in [2.24, 2.45) is 22.4 Å². The maximum Gasteiger partial charge on any atom is 0.330 e. The Morgan fingerprint density at radius 3 is 2.29 bits per heavy atom. The number of hydrazone groups is 1. The number of hydrogen-bond donors (Lipinski definition) is 0. The van der Waals surface area contributed by atoms with Gasteiger partial charge in [-0.25, -0.2) is 0 Å². The minimum atomic E-state index is -3.11. The molecule has 2 atom stereocenters. The van der Waals surface area contributed by atoms with Crippen LogP contribution in [0.5, 0.6) is 0 Å². The first-order valence-corrected chi connectivity index (χ1v) is 12.5. The number of ether oxygens (including phenoxy) is 1. The molecule has 0 amide bonds. The normalized spacial score (nSPS) is 20.2. The molecule has 0 bridgehead atoms. The molecule has 1 saturated heterocycles. The molecule has 0 saturated carbocycles.